The Morgan fingerprint density at radius 3 is 2.67 bits per heavy atom. The number of aromatic nitrogens is 1. The van der Waals surface area contributed by atoms with E-state index in [1.165, 1.54) is 6.07 Å². The lowest BCUT2D eigenvalue weighted by Crippen LogP contribution is -1.92. The second-order valence-corrected chi connectivity index (χ2v) is 3.41. The van der Waals surface area contributed by atoms with E-state index >= 15 is 0 Å². The molecule has 0 aliphatic heterocycles. The number of pyridine rings is 1. The van der Waals surface area contributed by atoms with Gasteiger partial charge in [-0.1, -0.05) is 18.2 Å². The molecule has 0 unspecified atom stereocenters. The lowest BCUT2D eigenvalue weighted by molar-refractivity contribution is 0.619. The van der Waals surface area contributed by atoms with Gasteiger partial charge in [-0.05, 0) is 30.7 Å². The van der Waals surface area contributed by atoms with Gasteiger partial charge in [-0.15, -0.1) is 0 Å². The summed E-state index contributed by atoms with van der Waals surface area (Å²) in [5.74, 6) is 0.213. The van der Waals surface area contributed by atoms with E-state index in [4.69, 9.17) is 5.73 Å². The second-order valence-electron chi connectivity index (χ2n) is 3.41. The van der Waals surface area contributed by atoms with Crippen LogP contribution in [0, 0.1) is 12.7 Å². The fraction of sp³-hybridized carbons (Fsp3) is 0.0833. The quantitative estimate of drug-likeness (QED) is 0.772. The van der Waals surface area contributed by atoms with Crippen molar-refractivity contribution < 1.29 is 4.39 Å². The predicted molar refractivity (Wildman–Crippen MR) is 58.8 cm³/mol. The molecule has 0 radical (unpaired) electrons. The van der Waals surface area contributed by atoms with E-state index in [9.17, 15) is 4.39 Å². The third-order valence-corrected chi connectivity index (χ3v) is 2.24. The predicted octanol–water partition coefficient (Wildman–Crippen LogP) is 2.78. The molecule has 0 spiro atoms. The van der Waals surface area contributed by atoms with Gasteiger partial charge in [0.25, 0.3) is 0 Å². The van der Waals surface area contributed by atoms with Gasteiger partial charge in [0, 0.05) is 5.56 Å². The fourth-order valence-electron chi connectivity index (χ4n) is 1.36. The average Bonchev–Trinajstić information content (AvgIpc) is 2.22. The number of nitrogen functional groups attached to an aromatic ring is 1. The van der Waals surface area contributed by atoms with Gasteiger partial charge in [-0.3, -0.25) is 0 Å². The van der Waals surface area contributed by atoms with Crippen LogP contribution in [-0.4, -0.2) is 4.98 Å². The number of rotatable bonds is 1. The Hall–Kier alpha value is -1.90. The summed E-state index contributed by atoms with van der Waals surface area (Å²) in [6.45, 7) is 1.73. The molecule has 2 rings (SSSR count). The zero-order valence-electron chi connectivity index (χ0n) is 8.37. The number of halogens is 1. The highest BCUT2D eigenvalue weighted by Crippen LogP contribution is 2.20. The van der Waals surface area contributed by atoms with Crippen molar-refractivity contribution in [1.29, 1.82) is 0 Å². The lowest BCUT2D eigenvalue weighted by atomic mass is 10.1. The highest BCUT2D eigenvalue weighted by Gasteiger charge is 2.03. The Labute approximate surface area is 87.6 Å². The van der Waals surface area contributed by atoms with Crippen molar-refractivity contribution in [2.45, 2.75) is 6.92 Å². The third-order valence-electron chi connectivity index (χ3n) is 2.24. The van der Waals surface area contributed by atoms with Crippen LogP contribution in [0.15, 0.2) is 36.4 Å². The van der Waals surface area contributed by atoms with E-state index in [2.05, 4.69) is 4.98 Å². The molecule has 0 aliphatic carbocycles. The second kappa shape index (κ2) is 3.69. The van der Waals surface area contributed by atoms with Crippen LogP contribution in [0.25, 0.3) is 11.3 Å². The van der Waals surface area contributed by atoms with Gasteiger partial charge in [-0.2, -0.15) is 0 Å². The molecule has 0 saturated heterocycles. The molecule has 2 nitrogen and oxygen atoms in total. The summed E-state index contributed by atoms with van der Waals surface area (Å²) in [5.41, 5.74) is 7.62. The van der Waals surface area contributed by atoms with Crippen LogP contribution in [0.2, 0.25) is 0 Å². The van der Waals surface area contributed by atoms with Crippen LogP contribution in [0.4, 0.5) is 10.2 Å². The Kier molecular flexibility index (Phi) is 2.37. The number of aryl methyl sites for hydroxylation is 1. The Balaban J connectivity index is 2.50. The van der Waals surface area contributed by atoms with Gasteiger partial charge in [-0.25, -0.2) is 9.37 Å². The summed E-state index contributed by atoms with van der Waals surface area (Å²) >= 11 is 0. The summed E-state index contributed by atoms with van der Waals surface area (Å²) in [5, 5.41) is 0. The zero-order chi connectivity index (χ0) is 10.8. The largest absolute Gasteiger partial charge is 0.384 e. The maximum atomic E-state index is 13.3. The molecule has 1 aromatic heterocycles. The highest BCUT2D eigenvalue weighted by molar-refractivity contribution is 5.61. The first-order valence-corrected chi connectivity index (χ1v) is 4.66. The molecule has 0 saturated carbocycles. The Bertz CT molecular complexity index is 495. The molecule has 0 amide bonds. The normalized spacial score (nSPS) is 10.3. The number of hydrogen-bond donors (Lipinski definition) is 1. The molecule has 0 bridgehead atoms. The minimum Gasteiger partial charge on any atom is -0.384 e. The van der Waals surface area contributed by atoms with E-state index in [0.29, 0.717) is 17.1 Å². The first-order valence-electron chi connectivity index (χ1n) is 4.66. The molecular weight excluding hydrogens is 191 g/mol. The maximum absolute atomic E-state index is 13.3. The molecule has 0 aliphatic rings. The molecule has 1 heterocycles. The molecular formula is C12H11FN2. The number of nitrogens with zero attached hydrogens (tertiary/aromatic N) is 1. The highest BCUT2D eigenvalue weighted by atomic mass is 19.1. The van der Waals surface area contributed by atoms with Crippen molar-refractivity contribution in [3.8, 4) is 11.3 Å². The minimum absolute atomic E-state index is 0.225. The van der Waals surface area contributed by atoms with Crippen LogP contribution in [0.5, 0.6) is 0 Å². The standard InChI is InChI=1S/C12H11FN2/c1-8-5-6-9(7-10(8)13)11-3-2-4-12(14)15-11/h2-7H,1H3,(H2,14,15). The van der Waals surface area contributed by atoms with Gasteiger partial charge in [0.05, 0.1) is 5.69 Å². The molecule has 76 valence electrons. The summed E-state index contributed by atoms with van der Waals surface area (Å²) in [7, 11) is 0. The molecule has 2 N–H and O–H groups in total. The van der Waals surface area contributed by atoms with E-state index in [0.717, 1.165) is 5.56 Å². The van der Waals surface area contributed by atoms with Crippen molar-refractivity contribution in [2.24, 2.45) is 0 Å². The maximum Gasteiger partial charge on any atom is 0.126 e. The molecule has 2 aromatic rings. The smallest absolute Gasteiger partial charge is 0.126 e. The van der Waals surface area contributed by atoms with Crippen molar-refractivity contribution in [3.63, 3.8) is 0 Å². The van der Waals surface area contributed by atoms with Crippen LogP contribution in [-0.2, 0) is 0 Å². The lowest BCUT2D eigenvalue weighted by Gasteiger charge is -2.03. The van der Waals surface area contributed by atoms with E-state index in [1.807, 2.05) is 6.07 Å². The number of nitrogens with two attached hydrogens (primary N) is 1. The van der Waals surface area contributed by atoms with Gasteiger partial charge in [0.2, 0.25) is 0 Å². The van der Waals surface area contributed by atoms with Crippen molar-refractivity contribution >= 4 is 5.82 Å². The molecule has 0 fully saturated rings. The number of benzene rings is 1. The third kappa shape index (κ3) is 1.96. The first kappa shape index (κ1) is 9.65. The topological polar surface area (TPSA) is 38.9 Å². The summed E-state index contributed by atoms with van der Waals surface area (Å²) in [6.07, 6.45) is 0. The molecule has 1 aromatic carbocycles. The Morgan fingerprint density at radius 1 is 1.20 bits per heavy atom. The molecule has 3 heteroatoms. The number of anilines is 1. The van der Waals surface area contributed by atoms with E-state index in [-0.39, 0.29) is 5.82 Å². The van der Waals surface area contributed by atoms with Crippen molar-refractivity contribution in [2.75, 3.05) is 5.73 Å². The first-order chi connectivity index (χ1) is 7.16. The zero-order valence-corrected chi connectivity index (χ0v) is 8.37. The van der Waals surface area contributed by atoms with Gasteiger partial charge in [0.1, 0.15) is 11.6 Å². The SMILES string of the molecule is Cc1ccc(-c2cccc(N)n2)cc1F. The van der Waals surface area contributed by atoms with Crippen molar-refractivity contribution in [3.05, 3.63) is 47.8 Å². The van der Waals surface area contributed by atoms with Crippen LogP contribution < -0.4 is 5.73 Å². The summed E-state index contributed by atoms with van der Waals surface area (Å²) in [4.78, 5) is 4.13. The van der Waals surface area contributed by atoms with E-state index in [1.54, 1.807) is 31.2 Å². The fourth-order valence-corrected chi connectivity index (χ4v) is 1.36. The van der Waals surface area contributed by atoms with Crippen LogP contribution >= 0.6 is 0 Å². The summed E-state index contributed by atoms with van der Waals surface area (Å²) in [6, 6.07) is 10.3. The monoisotopic (exact) mass is 202 g/mol. The average molecular weight is 202 g/mol. The van der Waals surface area contributed by atoms with Crippen molar-refractivity contribution in [1.82, 2.24) is 4.98 Å². The number of hydrogen-bond acceptors (Lipinski definition) is 2. The van der Waals surface area contributed by atoms with E-state index < -0.39 is 0 Å². The van der Waals surface area contributed by atoms with Gasteiger partial charge >= 0.3 is 0 Å². The van der Waals surface area contributed by atoms with Crippen LogP contribution in [0.3, 0.4) is 0 Å². The minimum atomic E-state index is -0.225. The van der Waals surface area contributed by atoms with Crippen LogP contribution in [0.1, 0.15) is 5.56 Å². The Morgan fingerprint density at radius 2 is 2.00 bits per heavy atom. The summed E-state index contributed by atoms with van der Waals surface area (Å²) < 4.78 is 13.3. The van der Waals surface area contributed by atoms with Gasteiger partial charge in [0.15, 0.2) is 0 Å². The molecule has 15 heavy (non-hydrogen) atoms. The molecule has 0 atom stereocenters. The van der Waals surface area contributed by atoms with Gasteiger partial charge < -0.3 is 5.73 Å².